The van der Waals surface area contributed by atoms with E-state index in [9.17, 15) is 19.5 Å². The van der Waals surface area contributed by atoms with Crippen LogP contribution in [0.5, 0.6) is 0 Å². The highest BCUT2D eigenvalue weighted by Gasteiger charge is 2.37. The summed E-state index contributed by atoms with van der Waals surface area (Å²) in [5.41, 5.74) is 5.06. The van der Waals surface area contributed by atoms with Gasteiger partial charge in [-0.15, -0.1) is 0 Å². The van der Waals surface area contributed by atoms with Crippen molar-refractivity contribution < 1.29 is 19.4 Å². The van der Waals surface area contributed by atoms with Gasteiger partial charge in [0.2, 0.25) is 17.8 Å². The number of aromatic nitrogens is 5. The number of aliphatic hydroxyl groups is 1. The SMILES string of the molecule is C[C@@H](CC(C)(C)C)Nc1ncc2c(C3CCC(CN4CCN(C5CC(OCCc6ccc7c(c6)n(C)c(=O)n7C6CCC(=O)NC6=O)C5)CC4)CC3)cn(C3CCC(O)CC3)c2n1. The maximum absolute atomic E-state index is 13.1. The van der Waals surface area contributed by atoms with E-state index in [1.165, 1.54) is 47.7 Å². The van der Waals surface area contributed by atoms with Gasteiger partial charge in [0.05, 0.1) is 29.8 Å². The number of carbonyl (C=O) groups excluding carboxylic acids is 2. The zero-order valence-electron chi connectivity index (χ0n) is 38.4. The summed E-state index contributed by atoms with van der Waals surface area (Å²) in [5.74, 6) is 1.29. The Morgan fingerprint density at radius 1 is 0.937 bits per heavy atom. The fourth-order valence-corrected chi connectivity index (χ4v) is 11.7. The van der Waals surface area contributed by atoms with Crippen molar-refractivity contribution in [3.05, 3.63) is 52.2 Å². The molecule has 3 saturated carbocycles. The molecule has 3 aliphatic carbocycles. The molecule has 2 atom stereocenters. The van der Waals surface area contributed by atoms with Crippen molar-refractivity contribution in [2.24, 2.45) is 18.4 Å². The maximum atomic E-state index is 13.1. The predicted molar refractivity (Wildman–Crippen MR) is 246 cm³/mol. The number of nitrogens with one attached hydrogen (secondary N) is 2. The lowest BCUT2D eigenvalue weighted by atomic mass is 9.78. The average Bonchev–Trinajstić information content (AvgIpc) is 3.72. The molecule has 2 saturated heterocycles. The quantitative estimate of drug-likeness (QED) is 0.128. The van der Waals surface area contributed by atoms with Crippen molar-refractivity contribution in [3.63, 3.8) is 0 Å². The number of hydrogen-bond donors (Lipinski definition) is 3. The Balaban J connectivity index is 0.719. The lowest BCUT2D eigenvalue weighted by Crippen LogP contribution is -2.56. The molecule has 342 valence electrons. The van der Waals surface area contributed by atoms with E-state index in [4.69, 9.17) is 14.7 Å². The molecule has 3 N–H and O–H groups in total. The van der Waals surface area contributed by atoms with Crippen LogP contribution in [0, 0.1) is 11.3 Å². The number of ether oxygens (including phenoxy) is 1. The number of carbonyl (C=O) groups is 2. The lowest BCUT2D eigenvalue weighted by Gasteiger charge is -2.46. The Morgan fingerprint density at radius 2 is 1.68 bits per heavy atom. The third kappa shape index (κ3) is 9.79. The molecule has 14 heteroatoms. The monoisotopic (exact) mass is 866 g/mol. The number of hydrogen-bond acceptors (Lipinski definition) is 10. The number of benzene rings is 1. The molecule has 5 fully saturated rings. The molecule has 9 rings (SSSR count). The summed E-state index contributed by atoms with van der Waals surface area (Å²) in [7, 11) is 1.74. The molecule has 1 aromatic carbocycles. The van der Waals surface area contributed by atoms with Gasteiger partial charge in [-0.1, -0.05) is 26.8 Å². The highest BCUT2D eigenvalue weighted by atomic mass is 16.5. The number of nitrogens with zero attached hydrogens (tertiary/aromatic N) is 7. The van der Waals surface area contributed by atoms with Crippen LogP contribution < -0.4 is 16.3 Å². The van der Waals surface area contributed by atoms with Gasteiger partial charge < -0.3 is 24.6 Å². The Labute approximate surface area is 372 Å². The first kappa shape index (κ1) is 44.1. The minimum Gasteiger partial charge on any atom is -0.393 e. The average molecular weight is 866 g/mol. The molecule has 2 aliphatic heterocycles. The first-order valence-corrected chi connectivity index (χ1v) is 24.2. The fraction of sp³-hybridized carbons (Fsp3) is 0.694. The van der Waals surface area contributed by atoms with E-state index in [0.29, 0.717) is 42.6 Å². The van der Waals surface area contributed by atoms with Crippen molar-refractivity contribution in [1.29, 1.82) is 0 Å². The first-order chi connectivity index (χ1) is 30.3. The van der Waals surface area contributed by atoms with Gasteiger partial charge in [-0.2, -0.15) is 4.98 Å². The Morgan fingerprint density at radius 3 is 2.40 bits per heavy atom. The van der Waals surface area contributed by atoms with Gasteiger partial charge in [0.1, 0.15) is 11.7 Å². The van der Waals surface area contributed by atoms with Crippen LogP contribution in [0.2, 0.25) is 0 Å². The van der Waals surface area contributed by atoms with Crippen LogP contribution in [0.1, 0.15) is 140 Å². The van der Waals surface area contributed by atoms with Gasteiger partial charge in [-0.3, -0.25) is 28.9 Å². The van der Waals surface area contributed by atoms with Gasteiger partial charge in [-0.05, 0) is 131 Å². The molecule has 3 aromatic heterocycles. The lowest BCUT2D eigenvalue weighted by molar-refractivity contribution is -0.135. The van der Waals surface area contributed by atoms with Gasteiger partial charge in [-0.25, -0.2) is 9.78 Å². The number of imide groups is 1. The minimum atomic E-state index is -0.675. The molecular weight excluding hydrogens is 795 g/mol. The second kappa shape index (κ2) is 18.4. The molecular formula is C49H71N9O5. The van der Waals surface area contributed by atoms with E-state index in [1.54, 1.807) is 11.6 Å². The summed E-state index contributed by atoms with van der Waals surface area (Å²) in [5, 5.41) is 17.5. The van der Waals surface area contributed by atoms with E-state index in [-0.39, 0.29) is 35.6 Å². The second-order valence-electron chi connectivity index (χ2n) is 21.1. The summed E-state index contributed by atoms with van der Waals surface area (Å²) in [6.45, 7) is 15.4. The number of amides is 2. The normalized spacial score (nSPS) is 28.3. The van der Waals surface area contributed by atoms with Gasteiger partial charge >= 0.3 is 5.69 Å². The van der Waals surface area contributed by atoms with Crippen LogP contribution in [0.25, 0.3) is 22.1 Å². The smallest absolute Gasteiger partial charge is 0.329 e. The molecule has 14 nitrogen and oxygen atoms in total. The van der Waals surface area contributed by atoms with E-state index in [2.05, 4.69) is 65.1 Å². The number of fused-ring (bicyclic) bond motifs is 2. The zero-order valence-corrected chi connectivity index (χ0v) is 38.4. The van der Waals surface area contributed by atoms with Crippen LogP contribution in [-0.2, 0) is 27.8 Å². The molecule has 0 bridgehead atoms. The van der Waals surface area contributed by atoms with Crippen molar-refractivity contribution in [2.45, 2.75) is 160 Å². The number of imidazole rings is 1. The molecule has 2 amide bonds. The maximum Gasteiger partial charge on any atom is 0.329 e. The molecule has 4 aromatic rings. The van der Waals surface area contributed by atoms with E-state index >= 15 is 0 Å². The van der Waals surface area contributed by atoms with E-state index in [0.717, 1.165) is 106 Å². The Hall–Kier alpha value is -4.11. The minimum absolute atomic E-state index is 0.180. The molecule has 63 heavy (non-hydrogen) atoms. The Bertz CT molecular complexity index is 2310. The number of aryl methyl sites for hydroxylation is 1. The van der Waals surface area contributed by atoms with Crippen LogP contribution >= 0.6 is 0 Å². The zero-order chi connectivity index (χ0) is 44.0. The van der Waals surface area contributed by atoms with Crippen molar-refractivity contribution in [3.8, 4) is 0 Å². The molecule has 5 heterocycles. The number of anilines is 1. The number of rotatable bonds is 13. The topological polar surface area (TPSA) is 152 Å². The summed E-state index contributed by atoms with van der Waals surface area (Å²) in [4.78, 5) is 52.8. The number of aliphatic hydroxyl groups excluding tert-OH is 1. The molecule has 0 radical (unpaired) electrons. The van der Waals surface area contributed by atoms with Crippen molar-refractivity contribution >= 4 is 39.8 Å². The van der Waals surface area contributed by atoms with Gasteiger partial charge in [0.25, 0.3) is 0 Å². The third-order valence-electron chi connectivity index (χ3n) is 15.2. The van der Waals surface area contributed by atoms with E-state index in [1.807, 2.05) is 18.2 Å². The summed E-state index contributed by atoms with van der Waals surface area (Å²) in [6, 6.07) is 6.55. The van der Waals surface area contributed by atoms with E-state index < -0.39 is 11.9 Å². The highest BCUT2D eigenvalue weighted by molar-refractivity contribution is 6.00. The van der Waals surface area contributed by atoms with Crippen LogP contribution in [0.4, 0.5) is 5.95 Å². The highest BCUT2D eigenvalue weighted by Crippen LogP contribution is 2.42. The fourth-order valence-electron chi connectivity index (χ4n) is 11.7. The summed E-state index contributed by atoms with van der Waals surface area (Å²) >= 11 is 0. The number of piperazine rings is 1. The van der Waals surface area contributed by atoms with Gasteiger partial charge in [0.15, 0.2) is 0 Å². The molecule has 5 aliphatic rings. The van der Waals surface area contributed by atoms with Crippen molar-refractivity contribution in [2.75, 3.05) is 44.6 Å². The predicted octanol–water partition coefficient (Wildman–Crippen LogP) is 6.46. The summed E-state index contributed by atoms with van der Waals surface area (Å²) in [6.07, 6.45) is 17.8. The van der Waals surface area contributed by atoms with Crippen molar-refractivity contribution in [1.82, 2.24) is 38.8 Å². The first-order valence-electron chi connectivity index (χ1n) is 24.2. The Kier molecular flexibility index (Phi) is 12.9. The number of piperidine rings is 1. The van der Waals surface area contributed by atoms with Crippen LogP contribution in [0.3, 0.4) is 0 Å². The van der Waals surface area contributed by atoms with Crippen LogP contribution in [-0.4, -0.2) is 114 Å². The molecule has 1 unspecified atom stereocenters. The summed E-state index contributed by atoms with van der Waals surface area (Å²) < 4.78 is 11.9. The second-order valence-corrected chi connectivity index (χ2v) is 21.1. The van der Waals surface area contributed by atoms with Gasteiger partial charge in [0, 0.05) is 82.1 Å². The largest absolute Gasteiger partial charge is 0.393 e. The third-order valence-corrected chi connectivity index (χ3v) is 15.2. The molecule has 0 spiro atoms. The van der Waals surface area contributed by atoms with Crippen LogP contribution in [0.15, 0.2) is 35.4 Å². The standard InChI is InChI=1S/C49H71N9O5/c1-31(27-49(2,3)4)51-47-50-28-39-40(30-57(45(39)53-47)35-11-13-37(59)14-12-35)34-9-6-33(7-10-34)29-55-19-21-56(22-20-55)36-25-38(26-36)63-23-18-32-8-15-41-43(24-32)54(5)48(62)58(41)42-16-17-44(60)52-46(42)61/h8,15,24,28,30-31,33-38,42,59H,6-7,9-14,16-23,25-27,29H2,1-5H3,(H,50,51,53)(H,52,60,61)/t31-,33?,34?,35?,36?,37?,38?,42?/m0/s1.